The second-order valence-electron chi connectivity index (χ2n) is 12.0. The van der Waals surface area contributed by atoms with Crippen LogP contribution in [0, 0.1) is 11.7 Å². The third kappa shape index (κ3) is 8.15. The maximum atomic E-state index is 15.2. The lowest BCUT2D eigenvalue weighted by Gasteiger charge is -2.35. The molecule has 2 aliphatic rings. The van der Waals surface area contributed by atoms with Crippen molar-refractivity contribution in [3.63, 3.8) is 0 Å². The van der Waals surface area contributed by atoms with Crippen LogP contribution in [-0.2, 0) is 31.1 Å². The van der Waals surface area contributed by atoms with Gasteiger partial charge in [-0.05, 0) is 80.0 Å². The maximum Gasteiger partial charge on any atom is 0.243 e. The smallest absolute Gasteiger partial charge is 0.243 e. The van der Waals surface area contributed by atoms with Crippen LogP contribution in [0.4, 0.5) is 10.1 Å². The number of piperazine rings is 1. The topological polar surface area (TPSA) is 139 Å². The number of nitrogens with two attached hydrogens (primary N) is 1. The first-order chi connectivity index (χ1) is 22.0. The van der Waals surface area contributed by atoms with E-state index < -0.39 is 43.5 Å². The van der Waals surface area contributed by atoms with Crippen LogP contribution in [0.3, 0.4) is 0 Å². The third-order valence-electron chi connectivity index (χ3n) is 9.04. The SMILES string of the molecule is NC(C(=O)Nc1cccc(F)c1CCCC1CNCCN1S(=O)(=O)c1ccccc1)C(c1ccc(Cl)cc1)C1CCS(=O)(=O)CC1. The highest BCUT2D eigenvalue weighted by molar-refractivity contribution is 7.91. The Bertz CT molecular complexity index is 1710. The van der Waals surface area contributed by atoms with Gasteiger partial charge in [-0.2, -0.15) is 4.31 Å². The molecule has 0 spiro atoms. The lowest BCUT2D eigenvalue weighted by atomic mass is 9.77. The average Bonchev–Trinajstić information content (AvgIpc) is 3.04. The number of hydrogen-bond donors (Lipinski definition) is 3. The highest BCUT2D eigenvalue weighted by atomic mass is 35.5. The predicted octanol–water partition coefficient (Wildman–Crippen LogP) is 4.34. The Morgan fingerprint density at radius 1 is 1.04 bits per heavy atom. The van der Waals surface area contributed by atoms with E-state index in [-0.39, 0.29) is 34.8 Å². The summed E-state index contributed by atoms with van der Waals surface area (Å²) in [4.78, 5) is 13.9. The predicted molar refractivity (Wildman–Crippen MR) is 179 cm³/mol. The molecule has 2 saturated heterocycles. The first kappa shape index (κ1) is 34.5. The third-order valence-corrected chi connectivity index (χ3v) is 13.0. The average molecular weight is 691 g/mol. The molecule has 1 amide bonds. The molecule has 3 unspecified atom stereocenters. The molecule has 248 valence electrons. The fraction of sp³-hybridized carbons (Fsp3) is 0.424. The van der Waals surface area contributed by atoms with Gasteiger partial charge in [-0.25, -0.2) is 21.2 Å². The Morgan fingerprint density at radius 2 is 1.74 bits per heavy atom. The fourth-order valence-corrected chi connectivity index (χ4v) is 9.91. The van der Waals surface area contributed by atoms with Gasteiger partial charge in [0, 0.05) is 47.9 Å². The van der Waals surface area contributed by atoms with Crippen molar-refractivity contribution in [2.24, 2.45) is 11.7 Å². The highest BCUT2D eigenvalue weighted by Crippen LogP contribution is 2.37. The van der Waals surface area contributed by atoms with Crippen LogP contribution in [0.15, 0.2) is 77.7 Å². The van der Waals surface area contributed by atoms with Gasteiger partial charge in [-0.3, -0.25) is 4.79 Å². The summed E-state index contributed by atoms with van der Waals surface area (Å²) in [6.45, 7) is 1.36. The quantitative estimate of drug-likeness (QED) is 0.272. The first-order valence-electron chi connectivity index (χ1n) is 15.5. The molecule has 3 aromatic rings. The largest absolute Gasteiger partial charge is 0.324 e. The Hall–Kier alpha value is -2.87. The molecule has 46 heavy (non-hydrogen) atoms. The molecule has 0 saturated carbocycles. The summed E-state index contributed by atoms with van der Waals surface area (Å²) in [6.07, 6.45) is 2.01. The van der Waals surface area contributed by atoms with Crippen LogP contribution in [0.2, 0.25) is 5.02 Å². The molecule has 13 heteroatoms. The number of benzene rings is 3. The van der Waals surface area contributed by atoms with Crippen molar-refractivity contribution in [3.8, 4) is 0 Å². The minimum atomic E-state index is -3.69. The number of nitrogens with one attached hydrogen (secondary N) is 2. The van der Waals surface area contributed by atoms with Crippen LogP contribution in [0.1, 0.15) is 42.7 Å². The fourth-order valence-electron chi connectivity index (χ4n) is 6.58. The first-order valence-corrected chi connectivity index (χ1v) is 19.2. The molecule has 0 aliphatic carbocycles. The van der Waals surface area contributed by atoms with Crippen LogP contribution in [-0.4, -0.2) is 70.3 Å². The molecule has 3 aromatic carbocycles. The molecule has 5 rings (SSSR count). The normalized spacial score (nSPS) is 20.5. The highest BCUT2D eigenvalue weighted by Gasteiger charge is 2.37. The molecule has 0 aromatic heterocycles. The van der Waals surface area contributed by atoms with E-state index in [1.165, 1.54) is 16.4 Å². The Morgan fingerprint density at radius 3 is 2.43 bits per heavy atom. The van der Waals surface area contributed by atoms with E-state index in [0.717, 1.165) is 5.56 Å². The van der Waals surface area contributed by atoms with Crippen molar-refractivity contribution >= 4 is 43.1 Å². The minimum Gasteiger partial charge on any atom is -0.324 e. The van der Waals surface area contributed by atoms with E-state index in [1.807, 2.05) is 0 Å². The summed E-state index contributed by atoms with van der Waals surface area (Å²) in [5, 5.41) is 6.64. The monoisotopic (exact) mass is 690 g/mol. The summed E-state index contributed by atoms with van der Waals surface area (Å²) in [5.41, 5.74) is 8.01. The Kier molecular flexibility index (Phi) is 11.2. The molecular weight excluding hydrogens is 651 g/mol. The number of nitrogens with zero attached hydrogens (tertiary/aromatic N) is 1. The minimum absolute atomic E-state index is 0.0325. The number of sulfonamides is 1. The van der Waals surface area contributed by atoms with E-state index in [9.17, 15) is 21.6 Å². The van der Waals surface area contributed by atoms with Gasteiger partial charge in [0.2, 0.25) is 15.9 Å². The second kappa shape index (κ2) is 14.9. The molecule has 4 N–H and O–H groups in total. The zero-order chi connectivity index (χ0) is 32.9. The summed E-state index contributed by atoms with van der Waals surface area (Å²) < 4.78 is 67.8. The van der Waals surface area contributed by atoms with Crippen LogP contribution in [0.5, 0.6) is 0 Å². The van der Waals surface area contributed by atoms with Crippen molar-refractivity contribution in [1.29, 1.82) is 0 Å². The number of hydrogen-bond acceptors (Lipinski definition) is 7. The number of sulfone groups is 1. The van der Waals surface area contributed by atoms with Crippen LogP contribution < -0.4 is 16.4 Å². The van der Waals surface area contributed by atoms with Gasteiger partial charge in [0.05, 0.1) is 22.4 Å². The van der Waals surface area contributed by atoms with E-state index in [4.69, 9.17) is 17.3 Å². The molecule has 0 bridgehead atoms. The summed E-state index contributed by atoms with van der Waals surface area (Å²) >= 11 is 6.11. The summed E-state index contributed by atoms with van der Waals surface area (Å²) in [6, 6.07) is 18.5. The summed E-state index contributed by atoms with van der Waals surface area (Å²) in [7, 11) is -6.82. The van der Waals surface area contributed by atoms with Crippen molar-refractivity contribution < 1.29 is 26.0 Å². The van der Waals surface area contributed by atoms with Gasteiger partial charge in [-0.15, -0.1) is 0 Å². The number of rotatable bonds is 11. The Labute approximate surface area is 275 Å². The van der Waals surface area contributed by atoms with Crippen molar-refractivity contribution in [2.75, 3.05) is 36.5 Å². The molecule has 0 radical (unpaired) electrons. The standard InChI is InChI=1S/C33H40ClFN4O5S2/c34-25-14-12-23(13-15-25)31(24-16-20-45(41,42)21-17-24)32(36)33(40)38-30-11-5-10-29(35)28(30)9-4-6-26-22-37-18-19-39(26)46(43,44)27-7-2-1-3-8-27/h1-3,5,7-8,10-15,24,26,31-32,37H,4,6,9,16-22,36H2,(H,38,40). The molecular formula is C33H40ClFN4O5S2. The molecule has 3 atom stereocenters. The van der Waals surface area contributed by atoms with Gasteiger partial charge in [0.1, 0.15) is 15.7 Å². The van der Waals surface area contributed by atoms with Gasteiger partial charge < -0.3 is 16.4 Å². The van der Waals surface area contributed by atoms with Gasteiger partial charge in [0.15, 0.2) is 0 Å². The van der Waals surface area contributed by atoms with Crippen molar-refractivity contribution in [1.82, 2.24) is 9.62 Å². The molecule has 2 heterocycles. The van der Waals surface area contributed by atoms with E-state index >= 15 is 4.39 Å². The van der Waals surface area contributed by atoms with E-state index in [2.05, 4.69) is 10.6 Å². The second-order valence-corrected chi connectivity index (χ2v) is 16.7. The van der Waals surface area contributed by atoms with Crippen molar-refractivity contribution in [3.05, 3.63) is 94.8 Å². The van der Waals surface area contributed by atoms with Gasteiger partial charge >= 0.3 is 0 Å². The van der Waals surface area contributed by atoms with Gasteiger partial charge in [-0.1, -0.05) is 48.0 Å². The number of carbonyl (C=O) groups excluding carboxylic acids is 1. The molecule has 9 nitrogen and oxygen atoms in total. The van der Waals surface area contributed by atoms with Gasteiger partial charge in [0.25, 0.3) is 0 Å². The van der Waals surface area contributed by atoms with Crippen LogP contribution >= 0.6 is 11.6 Å². The molecule has 2 aliphatic heterocycles. The number of halogens is 2. The van der Waals surface area contributed by atoms with E-state index in [1.54, 1.807) is 60.7 Å². The van der Waals surface area contributed by atoms with Crippen LogP contribution in [0.25, 0.3) is 0 Å². The van der Waals surface area contributed by atoms with Crippen molar-refractivity contribution in [2.45, 2.75) is 55.0 Å². The zero-order valence-electron chi connectivity index (χ0n) is 25.4. The zero-order valence-corrected chi connectivity index (χ0v) is 27.8. The molecule has 2 fully saturated rings. The Balaban J connectivity index is 1.29. The summed E-state index contributed by atoms with van der Waals surface area (Å²) in [5.74, 6) is -1.53. The van der Waals surface area contributed by atoms with E-state index in [0.29, 0.717) is 61.6 Å². The lowest BCUT2D eigenvalue weighted by Crippen LogP contribution is -2.53. The maximum absolute atomic E-state index is 15.2. The number of amides is 1. The number of carbonyl (C=O) groups is 1. The lowest BCUT2D eigenvalue weighted by molar-refractivity contribution is -0.118. The number of anilines is 1.